The maximum absolute atomic E-state index is 14.4. The SMILES string of the molecule is CC(=O)C12CC1C=CCCCCCC(NC(=O)OC(C)C)C(=O)N1CC3(CCc4c(c(C(F)F)nc5ccccc45)O3)CC1C(=O)N2. The van der Waals surface area contributed by atoms with Crippen molar-refractivity contribution in [1.29, 1.82) is 0 Å². The van der Waals surface area contributed by atoms with E-state index in [9.17, 15) is 28.0 Å². The lowest BCUT2D eigenvalue weighted by Gasteiger charge is -2.37. The van der Waals surface area contributed by atoms with E-state index in [4.69, 9.17) is 9.47 Å². The number of hydrogen-bond donors (Lipinski definition) is 2. The Hall–Kier alpha value is -4.09. The molecule has 0 bridgehead atoms. The van der Waals surface area contributed by atoms with Crippen LogP contribution in [-0.2, 0) is 25.5 Å². The number of pyridine rings is 1. The molecule has 47 heavy (non-hydrogen) atoms. The van der Waals surface area contributed by atoms with Crippen LogP contribution in [-0.4, -0.2) is 69.4 Å². The monoisotopic (exact) mass is 652 g/mol. The van der Waals surface area contributed by atoms with Gasteiger partial charge in [-0.3, -0.25) is 14.4 Å². The molecule has 1 saturated carbocycles. The summed E-state index contributed by atoms with van der Waals surface area (Å²) in [5, 5.41) is 6.40. The van der Waals surface area contributed by atoms with E-state index in [1.165, 1.54) is 11.8 Å². The molecule has 1 aromatic heterocycles. The molecule has 12 heteroatoms. The van der Waals surface area contributed by atoms with E-state index >= 15 is 0 Å². The number of benzene rings is 1. The Bertz CT molecular complexity index is 1610. The van der Waals surface area contributed by atoms with E-state index in [2.05, 4.69) is 15.6 Å². The topological polar surface area (TPSA) is 127 Å². The van der Waals surface area contributed by atoms with Crippen LogP contribution in [0.4, 0.5) is 13.6 Å². The van der Waals surface area contributed by atoms with Crippen molar-refractivity contribution in [1.82, 2.24) is 20.5 Å². The number of ketones is 1. The molecule has 1 aliphatic carbocycles. The molecule has 1 spiro atoms. The molecule has 252 valence electrons. The smallest absolute Gasteiger partial charge is 0.408 e. The number of fused-ring (bicyclic) bond motifs is 5. The predicted molar refractivity (Wildman–Crippen MR) is 169 cm³/mol. The van der Waals surface area contributed by atoms with E-state index < -0.39 is 59.4 Å². The first-order chi connectivity index (χ1) is 22.4. The number of carbonyl (C=O) groups is 4. The molecule has 4 aliphatic rings. The third-order valence-electron chi connectivity index (χ3n) is 9.97. The van der Waals surface area contributed by atoms with Gasteiger partial charge in [0.2, 0.25) is 11.8 Å². The number of amides is 3. The van der Waals surface area contributed by atoms with Crippen LogP contribution in [0.1, 0.15) is 89.8 Å². The lowest BCUT2D eigenvalue weighted by atomic mass is 9.87. The molecule has 2 N–H and O–H groups in total. The predicted octanol–water partition coefficient (Wildman–Crippen LogP) is 5.32. The van der Waals surface area contributed by atoms with Crippen LogP contribution in [0.3, 0.4) is 0 Å². The fourth-order valence-electron chi connectivity index (χ4n) is 7.44. The number of para-hydroxylation sites is 1. The number of aromatic nitrogens is 1. The summed E-state index contributed by atoms with van der Waals surface area (Å²) >= 11 is 0. The van der Waals surface area contributed by atoms with Crippen LogP contribution in [0.25, 0.3) is 10.9 Å². The van der Waals surface area contributed by atoms with Gasteiger partial charge >= 0.3 is 6.09 Å². The summed E-state index contributed by atoms with van der Waals surface area (Å²) in [7, 11) is 0. The molecule has 3 aliphatic heterocycles. The first-order valence-corrected chi connectivity index (χ1v) is 16.6. The lowest BCUT2D eigenvalue weighted by molar-refractivity contribution is -0.141. The maximum atomic E-state index is 14.4. The second-order valence-corrected chi connectivity index (χ2v) is 13.6. The number of aryl methyl sites for hydroxylation is 1. The first kappa shape index (κ1) is 32.8. The Labute approximate surface area is 272 Å². The van der Waals surface area contributed by atoms with Crippen molar-refractivity contribution in [3.63, 3.8) is 0 Å². The number of nitrogens with one attached hydrogen (secondary N) is 2. The summed E-state index contributed by atoms with van der Waals surface area (Å²) in [6.45, 7) is 4.80. The average Bonchev–Trinajstić information content (AvgIpc) is 3.60. The van der Waals surface area contributed by atoms with Crippen LogP contribution in [0, 0.1) is 5.92 Å². The van der Waals surface area contributed by atoms with Crippen molar-refractivity contribution < 1.29 is 37.4 Å². The van der Waals surface area contributed by atoms with Gasteiger partial charge < -0.3 is 25.0 Å². The second kappa shape index (κ2) is 12.8. The highest BCUT2D eigenvalue weighted by Gasteiger charge is 2.60. The number of rotatable bonds is 4. The standard InChI is InChI=1S/C35H42F2N4O6/c1-20(2)46-33(45)39-26-14-8-6-4-5-7-11-22-17-35(22,21(3)42)40-31(43)27-18-34(19-41(27)32(26)44)16-15-24-23-12-9-10-13-25(23)38-28(30(36)37)29(24)47-34/h7,9-13,20,22,26-27,30H,4-6,8,14-19H2,1-3H3,(H,39,45)(H,40,43). The minimum Gasteiger partial charge on any atom is -0.483 e. The van der Waals surface area contributed by atoms with E-state index in [0.29, 0.717) is 48.6 Å². The summed E-state index contributed by atoms with van der Waals surface area (Å²) in [5.74, 6) is -1.34. The van der Waals surface area contributed by atoms with Gasteiger partial charge in [0.1, 0.15) is 28.9 Å². The Morgan fingerprint density at radius 3 is 2.68 bits per heavy atom. The number of Topliss-reactive ketones (excluding diaryl/α,β-unsaturated/α-hetero) is 1. The second-order valence-electron chi connectivity index (χ2n) is 13.6. The van der Waals surface area contributed by atoms with Gasteiger partial charge in [-0.1, -0.05) is 43.2 Å². The molecule has 3 amide bonds. The Balaban J connectivity index is 1.37. The first-order valence-electron chi connectivity index (χ1n) is 16.6. The summed E-state index contributed by atoms with van der Waals surface area (Å²) in [4.78, 5) is 59.7. The number of alkyl halides is 2. The zero-order chi connectivity index (χ0) is 33.5. The quantitative estimate of drug-likeness (QED) is 0.428. The number of halogens is 2. The molecular formula is C35H42F2N4O6. The van der Waals surface area contributed by atoms with E-state index in [1.807, 2.05) is 24.3 Å². The van der Waals surface area contributed by atoms with Crippen molar-refractivity contribution in [3.05, 3.63) is 47.7 Å². The molecular weight excluding hydrogens is 610 g/mol. The van der Waals surface area contributed by atoms with Gasteiger partial charge in [-0.15, -0.1) is 0 Å². The summed E-state index contributed by atoms with van der Waals surface area (Å²) in [6.07, 6.45) is 4.60. The number of ether oxygens (including phenoxy) is 2. The van der Waals surface area contributed by atoms with Crippen LogP contribution < -0.4 is 15.4 Å². The number of nitrogens with zero attached hydrogens (tertiary/aromatic N) is 2. The van der Waals surface area contributed by atoms with E-state index in [-0.39, 0.29) is 30.4 Å². The van der Waals surface area contributed by atoms with Gasteiger partial charge in [0, 0.05) is 23.3 Å². The van der Waals surface area contributed by atoms with Crippen LogP contribution in [0.5, 0.6) is 5.75 Å². The van der Waals surface area contributed by atoms with Crippen LogP contribution in [0.2, 0.25) is 0 Å². The van der Waals surface area contributed by atoms with Gasteiger partial charge in [0.25, 0.3) is 6.43 Å². The van der Waals surface area contributed by atoms with Crippen molar-refractivity contribution in [3.8, 4) is 5.75 Å². The minimum absolute atomic E-state index is 0.0108. The molecule has 4 heterocycles. The number of alkyl carbamates (subject to hydrolysis) is 1. The maximum Gasteiger partial charge on any atom is 0.408 e. The molecule has 0 radical (unpaired) electrons. The van der Waals surface area contributed by atoms with Gasteiger partial charge in [-0.25, -0.2) is 18.6 Å². The highest BCUT2D eigenvalue weighted by molar-refractivity contribution is 5.98. The summed E-state index contributed by atoms with van der Waals surface area (Å²) in [5.41, 5.74) is -1.64. The number of hydrogen-bond acceptors (Lipinski definition) is 7. The lowest BCUT2D eigenvalue weighted by Crippen LogP contribution is -2.56. The fourth-order valence-corrected chi connectivity index (χ4v) is 7.44. The average molecular weight is 653 g/mol. The van der Waals surface area contributed by atoms with E-state index in [1.54, 1.807) is 26.0 Å². The van der Waals surface area contributed by atoms with Crippen molar-refractivity contribution >= 4 is 34.6 Å². The molecule has 10 nitrogen and oxygen atoms in total. The Morgan fingerprint density at radius 1 is 1.15 bits per heavy atom. The molecule has 5 atom stereocenters. The third-order valence-corrected chi connectivity index (χ3v) is 9.97. The normalized spacial score (nSPS) is 29.3. The van der Waals surface area contributed by atoms with Gasteiger partial charge in [0.15, 0.2) is 11.5 Å². The molecule has 2 aromatic rings. The van der Waals surface area contributed by atoms with Crippen LogP contribution in [0.15, 0.2) is 36.4 Å². The molecule has 5 unspecified atom stereocenters. The van der Waals surface area contributed by atoms with Crippen molar-refractivity contribution in [2.75, 3.05) is 6.54 Å². The molecule has 2 fully saturated rings. The largest absolute Gasteiger partial charge is 0.483 e. The molecule has 6 rings (SSSR count). The highest BCUT2D eigenvalue weighted by Crippen LogP contribution is 2.48. The van der Waals surface area contributed by atoms with Gasteiger partial charge in [-0.2, -0.15) is 0 Å². The van der Waals surface area contributed by atoms with Gasteiger partial charge in [-0.05, 0) is 65.4 Å². The van der Waals surface area contributed by atoms with Crippen molar-refractivity contribution in [2.24, 2.45) is 5.92 Å². The number of allylic oxidation sites excluding steroid dienone is 1. The van der Waals surface area contributed by atoms with Gasteiger partial charge in [0.05, 0.1) is 18.2 Å². The van der Waals surface area contributed by atoms with E-state index in [0.717, 1.165) is 19.3 Å². The summed E-state index contributed by atoms with van der Waals surface area (Å²) < 4.78 is 40.6. The van der Waals surface area contributed by atoms with Crippen LogP contribution >= 0.6 is 0 Å². The highest BCUT2D eigenvalue weighted by atomic mass is 19.3. The molecule has 1 saturated heterocycles. The molecule has 1 aromatic carbocycles. The minimum atomic E-state index is -2.91. The zero-order valence-corrected chi connectivity index (χ0v) is 27.0. The Kier molecular flexibility index (Phi) is 8.97. The fraction of sp³-hybridized carbons (Fsp3) is 0.571. The summed E-state index contributed by atoms with van der Waals surface area (Å²) in [6, 6.07) is 5.01. The third kappa shape index (κ3) is 6.43. The zero-order valence-electron chi connectivity index (χ0n) is 27.0. The Morgan fingerprint density at radius 2 is 1.94 bits per heavy atom. The van der Waals surface area contributed by atoms with Crippen molar-refractivity contribution in [2.45, 2.75) is 114 Å². The number of carbonyl (C=O) groups excluding carboxylic acids is 4.